The summed E-state index contributed by atoms with van der Waals surface area (Å²) in [6.45, 7) is 0. The first kappa shape index (κ1) is 11.1. The van der Waals surface area contributed by atoms with Crippen LogP contribution in [0.15, 0.2) is 33.2 Å². The second-order valence-electron chi connectivity index (χ2n) is 2.92. The summed E-state index contributed by atoms with van der Waals surface area (Å²) < 4.78 is 41.9. The van der Waals surface area contributed by atoms with E-state index in [-0.39, 0.29) is 5.89 Å². The largest absolute Gasteiger partial charge is 0.470 e. The van der Waals surface area contributed by atoms with Crippen molar-refractivity contribution in [2.45, 2.75) is 6.18 Å². The van der Waals surface area contributed by atoms with Gasteiger partial charge in [0.05, 0.1) is 0 Å². The van der Waals surface area contributed by atoms with E-state index in [1.165, 1.54) is 0 Å². The monoisotopic (exact) mass is 292 g/mol. The van der Waals surface area contributed by atoms with Gasteiger partial charge >= 0.3 is 12.1 Å². The van der Waals surface area contributed by atoms with Gasteiger partial charge in [0.25, 0.3) is 0 Å². The highest BCUT2D eigenvalue weighted by atomic mass is 79.9. The molecule has 0 spiro atoms. The highest BCUT2D eigenvalue weighted by Gasteiger charge is 2.38. The minimum atomic E-state index is -4.61. The van der Waals surface area contributed by atoms with Crippen molar-refractivity contribution in [3.05, 3.63) is 34.6 Å². The van der Waals surface area contributed by atoms with Gasteiger partial charge in [0.1, 0.15) is 0 Å². The van der Waals surface area contributed by atoms with Gasteiger partial charge in [0.15, 0.2) is 0 Å². The second-order valence-corrected chi connectivity index (χ2v) is 3.83. The molecule has 0 aliphatic heterocycles. The normalized spacial score (nSPS) is 11.8. The van der Waals surface area contributed by atoms with E-state index in [1.807, 2.05) is 0 Å². The number of halogens is 4. The quantitative estimate of drug-likeness (QED) is 0.807. The van der Waals surface area contributed by atoms with Crippen LogP contribution in [0, 0.1) is 0 Å². The number of benzene rings is 1. The Morgan fingerprint density at radius 1 is 1.06 bits per heavy atom. The van der Waals surface area contributed by atoms with E-state index in [0.717, 1.165) is 4.47 Å². The van der Waals surface area contributed by atoms with Gasteiger partial charge < -0.3 is 4.42 Å². The number of alkyl halides is 3. The van der Waals surface area contributed by atoms with Crippen LogP contribution < -0.4 is 0 Å². The second kappa shape index (κ2) is 3.89. The first-order chi connectivity index (χ1) is 7.47. The molecule has 0 aliphatic rings. The summed E-state index contributed by atoms with van der Waals surface area (Å²) in [7, 11) is 0. The highest BCUT2D eigenvalue weighted by molar-refractivity contribution is 9.10. The number of hydrogen-bond donors (Lipinski definition) is 0. The van der Waals surface area contributed by atoms with Crippen molar-refractivity contribution in [1.29, 1.82) is 0 Å². The molecule has 0 radical (unpaired) electrons. The fourth-order valence-electron chi connectivity index (χ4n) is 1.05. The van der Waals surface area contributed by atoms with Crippen LogP contribution in [0.3, 0.4) is 0 Å². The van der Waals surface area contributed by atoms with Gasteiger partial charge in [0.2, 0.25) is 5.89 Å². The van der Waals surface area contributed by atoms with Gasteiger partial charge in [-0.25, -0.2) is 0 Å². The number of hydrogen-bond acceptors (Lipinski definition) is 3. The SMILES string of the molecule is FC(F)(F)c1nnc(-c2ccc(Br)cc2)o1. The molecule has 1 aromatic carbocycles. The molecule has 0 amide bonds. The predicted molar refractivity (Wildman–Crippen MR) is 52.4 cm³/mol. The molecule has 0 atom stereocenters. The maximum absolute atomic E-state index is 12.2. The van der Waals surface area contributed by atoms with E-state index in [0.29, 0.717) is 5.56 Å². The van der Waals surface area contributed by atoms with Crippen LogP contribution in [0.1, 0.15) is 5.89 Å². The summed E-state index contributed by atoms with van der Waals surface area (Å²) in [5.74, 6) is -1.50. The smallest absolute Gasteiger partial charge is 0.413 e. The lowest BCUT2D eigenvalue weighted by atomic mass is 10.2. The van der Waals surface area contributed by atoms with E-state index < -0.39 is 12.1 Å². The molecular formula is C9H4BrF3N2O. The Kier molecular flexibility index (Phi) is 2.71. The third kappa shape index (κ3) is 2.24. The van der Waals surface area contributed by atoms with Crippen molar-refractivity contribution in [2.75, 3.05) is 0 Å². The molecule has 7 heteroatoms. The lowest BCUT2D eigenvalue weighted by molar-refractivity contribution is -0.156. The lowest BCUT2D eigenvalue weighted by Crippen LogP contribution is -2.04. The third-order valence-electron chi connectivity index (χ3n) is 1.76. The van der Waals surface area contributed by atoms with Gasteiger partial charge in [-0.15, -0.1) is 10.2 Å². The fourth-order valence-corrected chi connectivity index (χ4v) is 1.31. The molecule has 2 rings (SSSR count). The van der Waals surface area contributed by atoms with Crippen molar-refractivity contribution < 1.29 is 17.6 Å². The summed E-state index contributed by atoms with van der Waals surface area (Å²) in [5.41, 5.74) is 0.436. The van der Waals surface area contributed by atoms with Crippen molar-refractivity contribution in [3.8, 4) is 11.5 Å². The van der Waals surface area contributed by atoms with E-state index >= 15 is 0 Å². The summed E-state index contributed by atoms with van der Waals surface area (Å²) in [6.07, 6.45) is -4.61. The van der Waals surface area contributed by atoms with E-state index in [4.69, 9.17) is 0 Å². The van der Waals surface area contributed by atoms with E-state index in [9.17, 15) is 13.2 Å². The highest BCUT2D eigenvalue weighted by Crippen LogP contribution is 2.30. The number of rotatable bonds is 1. The first-order valence-corrected chi connectivity index (χ1v) is 4.93. The Hall–Kier alpha value is -1.37. The van der Waals surface area contributed by atoms with Crippen LogP contribution in [0.4, 0.5) is 13.2 Å². The zero-order valence-corrected chi connectivity index (χ0v) is 9.21. The van der Waals surface area contributed by atoms with Crippen molar-refractivity contribution in [3.63, 3.8) is 0 Å². The molecule has 2 aromatic rings. The Balaban J connectivity index is 2.35. The minimum Gasteiger partial charge on any atom is -0.413 e. The van der Waals surface area contributed by atoms with Crippen LogP contribution in [0.5, 0.6) is 0 Å². The maximum Gasteiger partial charge on any atom is 0.470 e. The van der Waals surface area contributed by atoms with E-state index in [2.05, 4.69) is 30.5 Å². The first-order valence-electron chi connectivity index (χ1n) is 4.13. The van der Waals surface area contributed by atoms with Gasteiger partial charge in [-0.2, -0.15) is 13.2 Å². The van der Waals surface area contributed by atoms with Crippen LogP contribution in [-0.4, -0.2) is 10.2 Å². The zero-order chi connectivity index (χ0) is 11.8. The molecule has 0 unspecified atom stereocenters. The number of aromatic nitrogens is 2. The van der Waals surface area contributed by atoms with Gasteiger partial charge in [-0.1, -0.05) is 15.9 Å². The lowest BCUT2D eigenvalue weighted by Gasteiger charge is -1.97. The Morgan fingerprint density at radius 2 is 1.69 bits per heavy atom. The van der Waals surface area contributed by atoms with Gasteiger partial charge in [-0.05, 0) is 24.3 Å². The molecule has 0 aliphatic carbocycles. The van der Waals surface area contributed by atoms with Crippen LogP contribution >= 0.6 is 15.9 Å². The van der Waals surface area contributed by atoms with Crippen LogP contribution in [0.25, 0.3) is 11.5 Å². The molecule has 0 fully saturated rings. The molecule has 0 N–H and O–H groups in total. The van der Waals surface area contributed by atoms with Crippen LogP contribution in [0.2, 0.25) is 0 Å². The van der Waals surface area contributed by atoms with Gasteiger partial charge in [-0.3, -0.25) is 0 Å². The summed E-state index contributed by atoms with van der Waals surface area (Å²) in [5, 5.41) is 6.26. The Bertz CT molecular complexity index is 492. The fraction of sp³-hybridized carbons (Fsp3) is 0.111. The standard InChI is InChI=1S/C9H4BrF3N2O/c10-6-3-1-5(2-4-6)7-14-15-8(16-7)9(11,12)13/h1-4H. The molecule has 0 saturated carbocycles. The molecule has 84 valence electrons. The summed E-state index contributed by atoms with van der Waals surface area (Å²) in [6, 6.07) is 6.51. The molecule has 0 bridgehead atoms. The molecule has 1 heterocycles. The number of nitrogens with zero attached hydrogens (tertiary/aromatic N) is 2. The Morgan fingerprint density at radius 3 is 2.19 bits per heavy atom. The maximum atomic E-state index is 12.2. The van der Waals surface area contributed by atoms with Crippen molar-refractivity contribution >= 4 is 15.9 Å². The zero-order valence-electron chi connectivity index (χ0n) is 7.62. The average Bonchev–Trinajstić information content (AvgIpc) is 2.67. The van der Waals surface area contributed by atoms with Crippen molar-refractivity contribution in [1.82, 2.24) is 10.2 Å². The average molecular weight is 293 g/mol. The van der Waals surface area contributed by atoms with Gasteiger partial charge in [0, 0.05) is 10.0 Å². The third-order valence-corrected chi connectivity index (χ3v) is 2.29. The molecule has 1 aromatic heterocycles. The Labute approximate surface area is 96.4 Å². The van der Waals surface area contributed by atoms with E-state index in [1.54, 1.807) is 24.3 Å². The summed E-state index contributed by atoms with van der Waals surface area (Å²) >= 11 is 3.21. The summed E-state index contributed by atoms with van der Waals surface area (Å²) in [4.78, 5) is 0. The molecule has 0 saturated heterocycles. The topological polar surface area (TPSA) is 38.9 Å². The predicted octanol–water partition coefficient (Wildman–Crippen LogP) is 3.52. The molecule has 3 nitrogen and oxygen atoms in total. The van der Waals surface area contributed by atoms with Crippen molar-refractivity contribution in [2.24, 2.45) is 0 Å². The van der Waals surface area contributed by atoms with Crippen LogP contribution in [-0.2, 0) is 6.18 Å². The minimum absolute atomic E-state index is 0.153. The molecule has 16 heavy (non-hydrogen) atoms. The molecular weight excluding hydrogens is 289 g/mol.